The number of halogens is 6. The zero-order chi connectivity index (χ0) is 26.3. The molecule has 0 unspecified atom stereocenters. The molecule has 0 aliphatic carbocycles. The fraction of sp³-hybridized carbons (Fsp3) is 0.481. The van der Waals surface area contributed by atoms with Crippen LogP contribution in [0.2, 0.25) is 0 Å². The number of H-pyrrole nitrogens is 1. The third kappa shape index (κ3) is 5.31. The van der Waals surface area contributed by atoms with Crippen molar-refractivity contribution >= 4 is 16.6 Å². The number of hydrogen-bond donors (Lipinski definition) is 2. The number of nitrogens with one attached hydrogen (secondary N) is 2. The average Bonchev–Trinajstić information content (AvgIpc) is 3.42. The largest absolute Gasteiger partial charge is 0.401 e. The minimum Gasteiger partial charge on any atom is -0.381 e. The van der Waals surface area contributed by atoms with Crippen LogP contribution in [0.25, 0.3) is 10.9 Å². The Kier molecular flexibility index (Phi) is 7.15. The normalized spacial score (nSPS) is 23.1. The highest BCUT2D eigenvalue weighted by molar-refractivity contribution is 5.85. The van der Waals surface area contributed by atoms with Gasteiger partial charge in [0.15, 0.2) is 0 Å². The van der Waals surface area contributed by atoms with Gasteiger partial charge in [0.1, 0.15) is 11.6 Å². The van der Waals surface area contributed by atoms with Crippen molar-refractivity contribution in [3.05, 3.63) is 64.9 Å². The van der Waals surface area contributed by atoms with Gasteiger partial charge in [-0.05, 0) is 49.9 Å². The molecule has 2 N–H and O–H groups in total. The van der Waals surface area contributed by atoms with E-state index < -0.39 is 48.7 Å². The van der Waals surface area contributed by atoms with E-state index in [2.05, 4.69) is 15.2 Å². The smallest absolute Gasteiger partial charge is 0.381 e. The second kappa shape index (κ2) is 10.2. The topological polar surface area (TPSA) is 34.3 Å². The minimum absolute atomic E-state index is 0.0546. The molecular weight excluding hydrogens is 494 g/mol. The molecule has 1 aromatic heterocycles. The standard InChI is InChI=1S/C27H30F6N4/c1-16-11-20-19-5-2-3-6-23(19)35-25(20)26(37(16)15-27(31,32)33)24-21(29)12-18(13-22(24)30)34-17-7-10-36(14-17)9-4-8-28/h2-3,5-6,12-13,16-17,26,34-35H,4,7-11,14-15H2,1H3/t16-,17-,26-/m1/s1. The fourth-order valence-electron chi connectivity index (χ4n) is 5.87. The summed E-state index contributed by atoms with van der Waals surface area (Å²) in [5.41, 5.74) is 1.73. The first-order valence-corrected chi connectivity index (χ1v) is 12.6. The first-order chi connectivity index (χ1) is 17.6. The maximum Gasteiger partial charge on any atom is 0.401 e. The molecule has 0 amide bonds. The van der Waals surface area contributed by atoms with Crippen molar-refractivity contribution in [3.8, 4) is 0 Å². The van der Waals surface area contributed by atoms with E-state index in [1.165, 1.54) is 0 Å². The summed E-state index contributed by atoms with van der Waals surface area (Å²) in [6.45, 7) is 1.99. The van der Waals surface area contributed by atoms with Crippen LogP contribution in [0, 0.1) is 11.6 Å². The van der Waals surface area contributed by atoms with Gasteiger partial charge in [0, 0.05) is 59.6 Å². The molecule has 3 atom stereocenters. The molecular formula is C27H30F6N4. The van der Waals surface area contributed by atoms with Crippen LogP contribution in [0.1, 0.15) is 42.6 Å². The number of fused-ring (bicyclic) bond motifs is 3. The van der Waals surface area contributed by atoms with Crippen molar-refractivity contribution < 1.29 is 26.3 Å². The summed E-state index contributed by atoms with van der Waals surface area (Å²) in [6.07, 6.45) is -3.03. The quantitative estimate of drug-likeness (QED) is 0.362. The number of rotatable bonds is 7. The van der Waals surface area contributed by atoms with Crippen LogP contribution >= 0.6 is 0 Å². The van der Waals surface area contributed by atoms with Gasteiger partial charge in [0.05, 0.1) is 19.3 Å². The van der Waals surface area contributed by atoms with Gasteiger partial charge in [-0.25, -0.2) is 8.78 Å². The van der Waals surface area contributed by atoms with Crippen LogP contribution in [0.5, 0.6) is 0 Å². The predicted molar refractivity (Wildman–Crippen MR) is 131 cm³/mol. The Morgan fingerprint density at radius 1 is 1.11 bits per heavy atom. The molecule has 4 nitrogen and oxygen atoms in total. The van der Waals surface area contributed by atoms with Crippen molar-refractivity contribution in [2.24, 2.45) is 0 Å². The maximum atomic E-state index is 15.6. The third-order valence-corrected chi connectivity index (χ3v) is 7.48. The van der Waals surface area contributed by atoms with Crippen molar-refractivity contribution in [2.45, 2.75) is 50.5 Å². The fourth-order valence-corrected chi connectivity index (χ4v) is 5.87. The molecule has 3 heterocycles. The number of likely N-dealkylation sites (tertiary alicyclic amines) is 1. The van der Waals surface area contributed by atoms with Gasteiger partial charge in [-0.3, -0.25) is 9.29 Å². The highest BCUT2D eigenvalue weighted by atomic mass is 19.4. The van der Waals surface area contributed by atoms with Gasteiger partial charge in [-0.2, -0.15) is 13.2 Å². The number of hydrogen-bond acceptors (Lipinski definition) is 3. The Labute approximate surface area is 211 Å². The molecule has 10 heteroatoms. The SMILES string of the molecule is C[C@@H]1Cc2c([nH]c3ccccc23)[C@@H](c2c(F)cc(N[C@@H]3CCN(CCCF)C3)cc2F)N1CC(F)(F)F. The molecule has 0 saturated carbocycles. The summed E-state index contributed by atoms with van der Waals surface area (Å²) in [5.74, 6) is -1.80. The number of benzene rings is 2. The molecule has 2 aliphatic rings. The predicted octanol–water partition coefficient (Wildman–Crippen LogP) is 6.19. The van der Waals surface area contributed by atoms with Crippen LogP contribution in [-0.2, 0) is 6.42 Å². The zero-order valence-electron chi connectivity index (χ0n) is 20.5. The van der Waals surface area contributed by atoms with E-state index in [9.17, 15) is 17.6 Å². The Morgan fingerprint density at radius 3 is 2.54 bits per heavy atom. The molecule has 5 rings (SSSR count). The molecule has 3 aromatic rings. The molecule has 37 heavy (non-hydrogen) atoms. The summed E-state index contributed by atoms with van der Waals surface area (Å²) in [6, 6.07) is 7.73. The second-order valence-corrected chi connectivity index (χ2v) is 10.1. The molecule has 0 radical (unpaired) electrons. The van der Waals surface area contributed by atoms with Crippen molar-refractivity contribution in [1.29, 1.82) is 0 Å². The number of alkyl halides is 4. The third-order valence-electron chi connectivity index (χ3n) is 7.48. The molecule has 0 bridgehead atoms. The Bertz CT molecular complexity index is 1230. The van der Waals surface area contributed by atoms with Crippen LogP contribution in [0.3, 0.4) is 0 Å². The monoisotopic (exact) mass is 524 g/mol. The Hall–Kier alpha value is -2.72. The van der Waals surface area contributed by atoms with E-state index in [4.69, 9.17) is 0 Å². The Morgan fingerprint density at radius 2 is 1.84 bits per heavy atom. The van der Waals surface area contributed by atoms with Gasteiger partial charge >= 0.3 is 6.18 Å². The highest BCUT2D eigenvalue weighted by Crippen LogP contribution is 2.44. The van der Waals surface area contributed by atoms with Crippen LogP contribution < -0.4 is 5.32 Å². The lowest BCUT2D eigenvalue weighted by molar-refractivity contribution is -0.155. The molecule has 1 saturated heterocycles. The van der Waals surface area contributed by atoms with E-state index in [0.29, 0.717) is 31.6 Å². The van der Waals surface area contributed by atoms with Gasteiger partial charge in [-0.15, -0.1) is 0 Å². The van der Waals surface area contributed by atoms with Crippen LogP contribution in [-0.4, -0.2) is 65.9 Å². The first kappa shape index (κ1) is 25.9. The van der Waals surface area contributed by atoms with Crippen LogP contribution in [0.4, 0.5) is 32.0 Å². The van der Waals surface area contributed by atoms with Gasteiger partial charge < -0.3 is 15.2 Å². The number of anilines is 1. The number of nitrogens with zero attached hydrogens (tertiary/aromatic N) is 2. The molecule has 200 valence electrons. The maximum absolute atomic E-state index is 15.6. The number of para-hydroxylation sites is 1. The van der Waals surface area contributed by atoms with Crippen molar-refractivity contribution in [1.82, 2.24) is 14.8 Å². The minimum atomic E-state index is -4.54. The van der Waals surface area contributed by atoms with Gasteiger partial charge in [0.25, 0.3) is 0 Å². The lowest BCUT2D eigenvalue weighted by Crippen LogP contribution is -2.47. The summed E-state index contributed by atoms with van der Waals surface area (Å²) < 4.78 is 84.6. The van der Waals surface area contributed by atoms with E-state index in [1.807, 2.05) is 18.2 Å². The number of aromatic nitrogens is 1. The van der Waals surface area contributed by atoms with E-state index in [1.54, 1.807) is 13.0 Å². The zero-order valence-corrected chi connectivity index (χ0v) is 20.5. The van der Waals surface area contributed by atoms with Gasteiger partial charge in [0.2, 0.25) is 0 Å². The summed E-state index contributed by atoms with van der Waals surface area (Å²) in [4.78, 5) is 6.38. The Balaban J connectivity index is 1.50. The van der Waals surface area contributed by atoms with E-state index >= 15 is 8.78 Å². The van der Waals surface area contributed by atoms with E-state index in [-0.39, 0.29) is 11.7 Å². The number of aromatic amines is 1. The molecule has 1 fully saturated rings. The first-order valence-electron chi connectivity index (χ1n) is 12.6. The van der Waals surface area contributed by atoms with Crippen LogP contribution in [0.15, 0.2) is 36.4 Å². The molecule has 2 aromatic carbocycles. The molecule has 2 aliphatic heterocycles. The van der Waals surface area contributed by atoms with Crippen molar-refractivity contribution in [3.63, 3.8) is 0 Å². The van der Waals surface area contributed by atoms with E-state index in [0.717, 1.165) is 46.5 Å². The lowest BCUT2D eigenvalue weighted by Gasteiger charge is -2.41. The summed E-state index contributed by atoms with van der Waals surface area (Å²) >= 11 is 0. The average molecular weight is 525 g/mol. The lowest BCUT2D eigenvalue weighted by atomic mass is 9.88. The summed E-state index contributed by atoms with van der Waals surface area (Å²) in [7, 11) is 0. The van der Waals surface area contributed by atoms with Crippen molar-refractivity contribution in [2.75, 3.05) is 38.2 Å². The highest BCUT2D eigenvalue weighted by Gasteiger charge is 2.43. The summed E-state index contributed by atoms with van der Waals surface area (Å²) in [5, 5.41) is 3.99. The second-order valence-electron chi connectivity index (χ2n) is 10.1. The molecule has 0 spiro atoms. The van der Waals surface area contributed by atoms with Gasteiger partial charge in [-0.1, -0.05) is 18.2 Å².